The summed E-state index contributed by atoms with van der Waals surface area (Å²) in [4.78, 5) is 64.0. The van der Waals surface area contributed by atoms with Crippen molar-refractivity contribution in [2.24, 2.45) is 0 Å². The summed E-state index contributed by atoms with van der Waals surface area (Å²) < 4.78 is 13.6. The van der Waals surface area contributed by atoms with Gasteiger partial charge in [-0.25, -0.2) is 14.8 Å². The second kappa shape index (κ2) is 19.0. The Morgan fingerprint density at radius 3 is 2.21 bits per heavy atom. The van der Waals surface area contributed by atoms with Crippen LogP contribution in [0.4, 0.5) is 17.3 Å². The van der Waals surface area contributed by atoms with Gasteiger partial charge in [0.25, 0.3) is 0 Å². The number of nitrogens with zero attached hydrogens (tertiary/aromatic N) is 3. The summed E-state index contributed by atoms with van der Waals surface area (Å²) in [6.07, 6.45) is 0.871. The molecule has 14 nitrogen and oxygen atoms in total. The minimum Gasteiger partial charge on any atom is -0.469 e. The van der Waals surface area contributed by atoms with Crippen LogP contribution in [0, 0.1) is 10.1 Å². The Hall–Kier alpha value is -3.34. The summed E-state index contributed by atoms with van der Waals surface area (Å²) in [7, 11) is 3.70. The van der Waals surface area contributed by atoms with E-state index >= 15 is 0 Å². The van der Waals surface area contributed by atoms with Crippen LogP contribution in [0.5, 0.6) is 0 Å². The Morgan fingerprint density at radius 2 is 1.62 bits per heavy atom. The SMILES string of the molecule is COC(=O)CCC1Nc2nc(Cl)ccc2CC1=O.COC(=O)CC[C@H](Nc1nc(Cl)ccc1[N+](=O)[O-])C(=O)OC.S.S. The molecule has 0 spiro atoms. The first-order chi connectivity index (χ1) is 19.0. The van der Waals surface area contributed by atoms with Crippen LogP contribution in [-0.4, -0.2) is 72.0 Å². The van der Waals surface area contributed by atoms with E-state index < -0.39 is 28.9 Å². The summed E-state index contributed by atoms with van der Waals surface area (Å²) >= 11 is 11.5. The fourth-order valence-electron chi connectivity index (χ4n) is 3.49. The molecule has 232 valence electrons. The van der Waals surface area contributed by atoms with Gasteiger partial charge in [0, 0.05) is 30.9 Å². The highest BCUT2D eigenvalue weighted by Gasteiger charge is 2.27. The van der Waals surface area contributed by atoms with Gasteiger partial charge in [0.1, 0.15) is 22.2 Å². The van der Waals surface area contributed by atoms with Gasteiger partial charge in [0.05, 0.1) is 32.3 Å². The lowest BCUT2D eigenvalue weighted by atomic mass is 9.96. The lowest BCUT2D eigenvalue weighted by Gasteiger charge is -2.24. The Kier molecular flexibility index (Phi) is 17.5. The van der Waals surface area contributed by atoms with Gasteiger partial charge < -0.3 is 24.8 Å². The zero-order chi connectivity index (χ0) is 29.8. The van der Waals surface area contributed by atoms with E-state index in [9.17, 15) is 29.3 Å². The van der Waals surface area contributed by atoms with Crippen molar-refractivity contribution in [3.63, 3.8) is 0 Å². The number of carbonyl (C=O) groups excluding carboxylic acids is 4. The van der Waals surface area contributed by atoms with Crippen LogP contribution < -0.4 is 10.6 Å². The van der Waals surface area contributed by atoms with Crippen molar-refractivity contribution in [1.29, 1.82) is 0 Å². The molecule has 42 heavy (non-hydrogen) atoms. The lowest BCUT2D eigenvalue weighted by molar-refractivity contribution is -0.384. The number of fused-ring (bicyclic) bond motifs is 1. The number of methoxy groups -OCH3 is 3. The van der Waals surface area contributed by atoms with Gasteiger partial charge in [0.2, 0.25) is 5.82 Å². The van der Waals surface area contributed by atoms with Crippen LogP contribution in [0.3, 0.4) is 0 Å². The van der Waals surface area contributed by atoms with E-state index in [1.165, 1.54) is 20.3 Å². The van der Waals surface area contributed by atoms with E-state index in [4.69, 9.17) is 23.2 Å². The molecule has 0 radical (unpaired) electrons. The highest BCUT2D eigenvalue weighted by Crippen LogP contribution is 2.26. The third kappa shape index (κ3) is 11.9. The summed E-state index contributed by atoms with van der Waals surface area (Å²) in [5.74, 6) is -1.05. The Morgan fingerprint density at radius 1 is 1.02 bits per heavy atom. The molecule has 2 atom stereocenters. The van der Waals surface area contributed by atoms with Crippen molar-refractivity contribution in [1.82, 2.24) is 9.97 Å². The molecule has 0 saturated heterocycles. The third-order valence-electron chi connectivity index (χ3n) is 5.57. The van der Waals surface area contributed by atoms with E-state index in [0.717, 1.165) is 18.7 Å². The number of hydrogen-bond donors (Lipinski definition) is 2. The molecule has 2 aromatic heterocycles. The molecule has 1 unspecified atom stereocenters. The molecule has 0 saturated carbocycles. The Balaban J connectivity index is 0.000000776. The normalized spacial score (nSPS) is 13.6. The molecule has 0 aliphatic carbocycles. The predicted molar refractivity (Wildman–Crippen MR) is 164 cm³/mol. The van der Waals surface area contributed by atoms with Gasteiger partial charge in [-0.15, -0.1) is 0 Å². The van der Waals surface area contributed by atoms with Crippen LogP contribution >= 0.6 is 50.2 Å². The van der Waals surface area contributed by atoms with Crippen molar-refractivity contribution in [3.8, 4) is 0 Å². The summed E-state index contributed by atoms with van der Waals surface area (Å²) in [6.45, 7) is 0. The van der Waals surface area contributed by atoms with Crippen molar-refractivity contribution in [2.45, 2.75) is 44.2 Å². The maximum Gasteiger partial charge on any atom is 0.328 e. The molecule has 2 N–H and O–H groups in total. The van der Waals surface area contributed by atoms with E-state index in [0.29, 0.717) is 23.8 Å². The van der Waals surface area contributed by atoms with Crippen molar-refractivity contribution in [3.05, 3.63) is 50.2 Å². The van der Waals surface area contributed by atoms with Gasteiger partial charge in [-0.05, 0) is 25.0 Å². The first kappa shape index (κ1) is 38.7. The summed E-state index contributed by atoms with van der Waals surface area (Å²) in [6, 6.07) is 4.45. The number of esters is 3. The van der Waals surface area contributed by atoms with Gasteiger partial charge >= 0.3 is 23.6 Å². The maximum absolute atomic E-state index is 11.9. The number of halogens is 2. The number of aromatic nitrogens is 2. The molecule has 3 rings (SSSR count). The molecular weight excluding hydrogens is 637 g/mol. The number of nitro groups is 1. The van der Waals surface area contributed by atoms with Gasteiger partial charge in [-0.3, -0.25) is 24.5 Å². The minimum absolute atomic E-state index is 0. The zero-order valence-corrected chi connectivity index (χ0v) is 26.3. The van der Waals surface area contributed by atoms with Crippen LogP contribution in [0.1, 0.15) is 31.2 Å². The maximum atomic E-state index is 11.9. The Bertz CT molecular complexity index is 1270. The fraction of sp³-hybridized carbons (Fsp3) is 0.417. The Labute approximate surface area is 265 Å². The molecule has 0 fully saturated rings. The topological polar surface area (TPSA) is 189 Å². The number of hydrogen-bond acceptors (Lipinski definition) is 13. The lowest BCUT2D eigenvalue weighted by Crippen LogP contribution is -2.36. The summed E-state index contributed by atoms with van der Waals surface area (Å²) in [5.41, 5.74) is 0.482. The van der Waals surface area contributed by atoms with Gasteiger partial charge in [-0.2, -0.15) is 27.0 Å². The molecule has 18 heteroatoms. The number of pyridine rings is 2. The molecule has 1 aliphatic heterocycles. The zero-order valence-electron chi connectivity index (χ0n) is 22.8. The highest BCUT2D eigenvalue weighted by molar-refractivity contribution is 7.59. The molecular formula is C24H31Cl2N5O9S2. The molecule has 1 aliphatic rings. The third-order valence-corrected chi connectivity index (χ3v) is 5.99. The number of ether oxygens (including phenoxy) is 3. The van der Waals surface area contributed by atoms with E-state index in [1.54, 1.807) is 12.1 Å². The molecule has 0 bridgehead atoms. The number of anilines is 2. The van der Waals surface area contributed by atoms with Crippen molar-refractivity contribution >= 4 is 91.2 Å². The second-order valence-electron chi connectivity index (χ2n) is 8.19. The van der Waals surface area contributed by atoms with Crippen molar-refractivity contribution < 1.29 is 38.3 Å². The van der Waals surface area contributed by atoms with Crippen LogP contribution in [0.15, 0.2) is 24.3 Å². The second-order valence-corrected chi connectivity index (χ2v) is 8.96. The fourth-order valence-corrected chi connectivity index (χ4v) is 3.78. The number of Topliss-reactive ketones (excluding diaryl/α,β-unsaturated/α-hetero) is 1. The summed E-state index contributed by atoms with van der Waals surface area (Å²) in [5, 5.41) is 16.9. The van der Waals surface area contributed by atoms with E-state index in [-0.39, 0.29) is 74.7 Å². The van der Waals surface area contributed by atoms with Gasteiger partial charge in [-0.1, -0.05) is 29.3 Å². The average Bonchev–Trinajstić information content (AvgIpc) is 2.93. The number of rotatable bonds is 10. The highest BCUT2D eigenvalue weighted by atomic mass is 35.5. The number of carbonyl (C=O) groups is 4. The van der Waals surface area contributed by atoms with Crippen molar-refractivity contribution in [2.75, 3.05) is 32.0 Å². The minimum atomic E-state index is -1.01. The molecule has 2 aromatic rings. The number of ketones is 1. The van der Waals surface area contributed by atoms with Gasteiger partial charge in [0.15, 0.2) is 5.78 Å². The van der Waals surface area contributed by atoms with Crippen LogP contribution in [-0.2, 0) is 39.8 Å². The monoisotopic (exact) mass is 667 g/mol. The molecule has 0 amide bonds. The predicted octanol–water partition coefficient (Wildman–Crippen LogP) is 3.37. The molecule has 0 aromatic carbocycles. The molecule has 3 heterocycles. The first-order valence-electron chi connectivity index (χ1n) is 11.7. The largest absolute Gasteiger partial charge is 0.469 e. The van der Waals surface area contributed by atoms with Crippen LogP contribution in [0.25, 0.3) is 0 Å². The number of nitrogens with one attached hydrogen (secondary N) is 2. The average molecular weight is 669 g/mol. The first-order valence-corrected chi connectivity index (χ1v) is 12.5. The van der Waals surface area contributed by atoms with E-state index in [2.05, 4.69) is 34.8 Å². The van der Waals surface area contributed by atoms with Crippen LogP contribution in [0.2, 0.25) is 10.3 Å². The smallest absolute Gasteiger partial charge is 0.328 e. The quantitative estimate of drug-likeness (QED) is 0.123. The standard InChI is InChI=1S/C12H14ClN3O6.C12H13ClN2O3.2H2S/c1-21-10(17)6-3-7(12(18)22-2)14-11-8(16(19)20)4-5-9(13)15-11;1-18-11(17)5-3-8-9(16)6-7-2-4-10(13)15-12(7)14-8;;/h4-5,7H,3,6H2,1-2H3,(H,14,15);2,4,8H,3,5-6H2,1H3,(H,14,15);2*1H2/t7-;;;/m0.../s1. The van der Waals surface area contributed by atoms with E-state index in [1.807, 2.05) is 0 Å².